The summed E-state index contributed by atoms with van der Waals surface area (Å²) in [6, 6.07) is 8.95. The molecule has 104 valence electrons. The molecule has 0 amide bonds. The Bertz CT molecular complexity index is 847. The first kappa shape index (κ1) is 13.7. The SMILES string of the molecule is O=C(O)c1c(O)c(-c2ccc(I)cc2)nc2ccncc12. The van der Waals surface area contributed by atoms with E-state index in [0.717, 1.165) is 3.57 Å². The fourth-order valence-electron chi connectivity index (χ4n) is 2.12. The second-order valence-electron chi connectivity index (χ2n) is 4.39. The van der Waals surface area contributed by atoms with Gasteiger partial charge in [0.2, 0.25) is 0 Å². The molecule has 6 heteroatoms. The van der Waals surface area contributed by atoms with Crippen molar-refractivity contribution >= 4 is 39.5 Å². The molecule has 0 aliphatic rings. The maximum absolute atomic E-state index is 11.5. The first-order chi connectivity index (χ1) is 10.1. The standard InChI is InChI=1S/C15H9IN2O3/c16-9-3-1-8(2-4-9)13-14(19)12(15(20)21)10-7-17-6-5-11(10)18-13/h1-7,19H,(H,20,21). The van der Waals surface area contributed by atoms with Gasteiger partial charge in [-0.05, 0) is 40.8 Å². The van der Waals surface area contributed by atoms with Gasteiger partial charge in [-0.1, -0.05) is 12.1 Å². The van der Waals surface area contributed by atoms with Crippen molar-refractivity contribution in [3.63, 3.8) is 0 Å². The Morgan fingerprint density at radius 1 is 1.14 bits per heavy atom. The van der Waals surface area contributed by atoms with Gasteiger partial charge in [0.25, 0.3) is 0 Å². The smallest absolute Gasteiger partial charge is 0.340 e. The number of pyridine rings is 2. The lowest BCUT2D eigenvalue weighted by atomic mass is 10.0. The van der Waals surface area contributed by atoms with Crippen LogP contribution in [-0.2, 0) is 0 Å². The monoisotopic (exact) mass is 392 g/mol. The van der Waals surface area contributed by atoms with Crippen molar-refractivity contribution in [2.75, 3.05) is 0 Å². The topological polar surface area (TPSA) is 83.3 Å². The van der Waals surface area contributed by atoms with E-state index in [1.165, 1.54) is 12.4 Å². The van der Waals surface area contributed by atoms with E-state index in [4.69, 9.17) is 0 Å². The predicted molar refractivity (Wildman–Crippen MR) is 86.3 cm³/mol. The summed E-state index contributed by atoms with van der Waals surface area (Å²) in [7, 11) is 0. The zero-order valence-electron chi connectivity index (χ0n) is 10.6. The number of carboxylic acid groups (broad SMARTS) is 1. The molecule has 5 nitrogen and oxygen atoms in total. The normalized spacial score (nSPS) is 10.7. The summed E-state index contributed by atoms with van der Waals surface area (Å²) in [6.07, 6.45) is 2.93. The van der Waals surface area contributed by atoms with Gasteiger partial charge in [-0.25, -0.2) is 9.78 Å². The summed E-state index contributed by atoms with van der Waals surface area (Å²) in [5.74, 6) is -1.55. The Morgan fingerprint density at radius 2 is 1.86 bits per heavy atom. The van der Waals surface area contributed by atoms with Crippen LogP contribution in [0, 0.1) is 3.57 Å². The minimum atomic E-state index is -1.21. The maximum Gasteiger partial charge on any atom is 0.340 e. The Balaban J connectivity index is 2.36. The van der Waals surface area contributed by atoms with Crippen molar-refractivity contribution in [2.45, 2.75) is 0 Å². The summed E-state index contributed by atoms with van der Waals surface area (Å²) < 4.78 is 1.04. The molecular weight excluding hydrogens is 383 g/mol. The molecule has 0 saturated heterocycles. The zero-order valence-corrected chi connectivity index (χ0v) is 12.8. The summed E-state index contributed by atoms with van der Waals surface area (Å²) in [6.45, 7) is 0. The van der Waals surface area contributed by atoms with Crippen LogP contribution in [0.3, 0.4) is 0 Å². The molecule has 0 aliphatic heterocycles. The van der Waals surface area contributed by atoms with Crippen LogP contribution < -0.4 is 0 Å². The van der Waals surface area contributed by atoms with Gasteiger partial charge >= 0.3 is 5.97 Å². The summed E-state index contributed by atoms with van der Waals surface area (Å²) >= 11 is 2.17. The highest BCUT2D eigenvalue weighted by molar-refractivity contribution is 14.1. The van der Waals surface area contributed by atoms with Crippen LogP contribution >= 0.6 is 22.6 Å². The molecule has 2 aromatic heterocycles. The third-order valence-corrected chi connectivity index (χ3v) is 3.81. The number of carbonyl (C=O) groups is 1. The number of aromatic nitrogens is 2. The van der Waals surface area contributed by atoms with Crippen molar-refractivity contribution in [1.29, 1.82) is 0 Å². The fraction of sp³-hybridized carbons (Fsp3) is 0. The van der Waals surface area contributed by atoms with Gasteiger partial charge in [-0.3, -0.25) is 4.98 Å². The maximum atomic E-state index is 11.5. The van der Waals surface area contributed by atoms with E-state index < -0.39 is 5.97 Å². The van der Waals surface area contributed by atoms with Crippen LogP contribution in [0.4, 0.5) is 0 Å². The lowest BCUT2D eigenvalue weighted by Gasteiger charge is -2.10. The van der Waals surface area contributed by atoms with E-state index in [2.05, 4.69) is 32.6 Å². The molecule has 0 atom stereocenters. The van der Waals surface area contributed by atoms with E-state index in [0.29, 0.717) is 16.5 Å². The number of fused-ring (bicyclic) bond motifs is 1. The number of carboxylic acids is 1. The third kappa shape index (κ3) is 2.42. The average Bonchev–Trinajstić information content (AvgIpc) is 2.47. The minimum absolute atomic E-state index is 0.179. The molecule has 0 aliphatic carbocycles. The summed E-state index contributed by atoms with van der Waals surface area (Å²) in [5.41, 5.74) is 1.21. The Hall–Kier alpha value is -2.22. The van der Waals surface area contributed by atoms with Gasteiger partial charge in [0.05, 0.1) is 5.52 Å². The molecule has 1 aromatic carbocycles. The van der Waals surface area contributed by atoms with Gasteiger partial charge in [-0.15, -0.1) is 0 Å². The van der Waals surface area contributed by atoms with E-state index in [1.807, 2.05) is 12.1 Å². The first-order valence-corrected chi connectivity index (χ1v) is 7.11. The molecule has 2 heterocycles. The first-order valence-electron chi connectivity index (χ1n) is 6.04. The van der Waals surface area contributed by atoms with E-state index in [1.54, 1.807) is 18.2 Å². The number of aromatic carboxylic acids is 1. The van der Waals surface area contributed by atoms with Crippen molar-refractivity contribution < 1.29 is 15.0 Å². The van der Waals surface area contributed by atoms with Crippen molar-refractivity contribution in [2.24, 2.45) is 0 Å². The van der Waals surface area contributed by atoms with Crippen molar-refractivity contribution in [1.82, 2.24) is 9.97 Å². The Labute approximate surface area is 133 Å². The number of hydrogen-bond donors (Lipinski definition) is 2. The van der Waals surface area contributed by atoms with E-state index in [9.17, 15) is 15.0 Å². The molecule has 0 radical (unpaired) electrons. The number of halogens is 1. The van der Waals surface area contributed by atoms with E-state index >= 15 is 0 Å². The average molecular weight is 392 g/mol. The number of aromatic hydroxyl groups is 1. The third-order valence-electron chi connectivity index (χ3n) is 3.09. The second-order valence-corrected chi connectivity index (χ2v) is 5.63. The number of benzene rings is 1. The van der Waals surface area contributed by atoms with Crippen LogP contribution in [0.25, 0.3) is 22.2 Å². The van der Waals surface area contributed by atoms with Crippen LogP contribution in [0.5, 0.6) is 5.75 Å². The predicted octanol–water partition coefficient (Wildman–Crippen LogP) is 3.31. The second kappa shape index (κ2) is 5.28. The summed E-state index contributed by atoms with van der Waals surface area (Å²) in [5, 5.41) is 20.0. The lowest BCUT2D eigenvalue weighted by molar-refractivity contribution is 0.0696. The Morgan fingerprint density at radius 3 is 2.52 bits per heavy atom. The van der Waals surface area contributed by atoms with Crippen molar-refractivity contribution in [3.8, 4) is 17.0 Å². The van der Waals surface area contributed by atoms with Gasteiger partial charge in [0.1, 0.15) is 11.3 Å². The van der Waals surface area contributed by atoms with Crippen LogP contribution in [-0.4, -0.2) is 26.2 Å². The number of rotatable bonds is 2. The molecule has 0 unspecified atom stereocenters. The van der Waals surface area contributed by atoms with E-state index in [-0.39, 0.29) is 17.0 Å². The minimum Gasteiger partial charge on any atom is -0.505 e. The molecule has 2 N–H and O–H groups in total. The number of nitrogens with zero attached hydrogens (tertiary/aromatic N) is 2. The van der Waals surface area contributed by atoms with Gasteiger partial charge in [0.15, 0.2) is 5.75 Å². The molecule has 21 heavy (non-hydrogen) atoms. The lowest BCUT2D eigenvalue weighted by Crippen LogP contribution is -2.02. The largest absolute Gasteiger partial charge is 0.505 e. The quantitative estimate of drug-likeness (QED) is 0.654. The van der Waals surface area contributed by atoms with Crippen LogP contribution in [0.2, 0.25) is 0 Å². The molecule has 3 rings (SSSR count). The highest BCUT2D eigenvalue weighted by Gasteiger charge is 2.20. The highest BCUT2D eigenvalue weighted by atomic mass is 127. The summed E-state index contributed by atoms with van der Waals surface area (Å²) in [4.78, 5) is 19.7. The molecule has 0 saturated carbocycles. The van der Waals surface area contributed by atoms with Gasteiger partial charge in [0, 0.05) is 26.9 Å². The van der Waals surface area contributed by atoms with Crippen LogP contribution in [0.15, 0.2) is 42.7 Å². The Kier molecular flexibility index (Phi) is 3.46. The van der Waals surface area contributed by atoms with Gasteiger partial charge < -0.3 is 10.2 Å². The zero-order chi connectivity index (χ0) is 15.0. The molecule has 0 bridgehead atoms. The molecule has 0 spiro atoms. The van der Waals surface area contributed by atoms with Crippen LogP contribution in [0.1, 0.15) is 10.4 Å². The molecular formula is C15H9IN2O3. The molecule has 3 aromatic rings. The highest BCUT2D eigenvalue weighted by Crippen LogP contribution is 2.35. The van der Waals surface area contributed by atoms with Crippen molar-refractivity contribution in [3.05, 3.63) is 51.9 Å². The van der Waals surface area contributed by atoms with Gasteiger partial charge in [-0.2, -0.15) is 0 Å². The number of hydrogen-bond acceptors (Lipinski definition) is 4. The fourth-order valence-corrected chi connectivity index (χ4v) is 2.48. The molecule has 0 fully saturated rings.